The van der Waals surface area contributed by atoms with Crippen LogP contribution in [-0.2, 0) is 4.79 Å². The van der Waals surface area contributed by atoms with Crippen molar-refractivity contribution in [2.45, 2.75) is 51.0 Å². The topological polar surface area (TPSA) is 58.4 Å². The molecule has 1 saturated carbocycles. The molecule has 0 aromatic heterocycles. The van der Waals surface area contributed by atoms with Crippen LogP contribution in [0.5, 0.6) is 0 Å². The molecule has 2 fully saturated rings. The third kappa shape index (κ3) is 6.17. The number of amides is 1. The minimum absolute atomic E-state index is 0. The Bertz CT molecular complexity index is 298. The molecule has 0 radical (unpaired) electrons. The van der Waals surface area contributed by atoms with Crippen LogP contribution in [0.1, 0.15) is 45.4 Å². The fourth-order valence-electron chi connectivity index (χ4n) is 2.69. The number of nitrogens with zero attached hydrogens (tertiary/aromatic N) is 1. The minimum atomic E-state index is -0.512. The van der Waals surface area contributed by atoms with Gasteiger partial charge >= 0.3 is 0 Å². The zero-order valence-electron chi connectivity index (χ0n) is 12.4. The van der Waals surface area contributed by atoms with E-state index in [4.69, 9.17) is 5.73 Å². The summed E-state index contributed by atoms with van der Waals surface area (Å²) in [6.07, 6.45) is 6.66. The number of piperidine rings is 1. The zero-order chi connectivity index (χ0) is 13.0. The van der Waals surface area contributed by atoms with Gasteiger partial charge < -0.3 is 16.0 Å². The predicted molar refractivity (Wildman–Crippen MR) is 87.7 cm³/mol. The predicted octanol–water partition coefficient (Wildman–Crippen LogP) is 1.95. The molecule has 1 aliphatic carbocycles. The quantitative estimate of drug-likeness (QED) is 0.734. The smallest absolute Gasteiger partial charge is 0.240 e. The van der Waals surface area contributed by atoms with Crippen molar-refractivity contribution >= 4 is 30.7 Å². The Balaban J connectivity index is 0.00000180. The second kappa shape index (κ2) is 9.08. The van der Waals surface area contributed by atoms with Crippen LogP contribution in [0.3, 0.4) is 0 Å². The van der Waals surface area contributed by atoms with Crippen molar-refractivity contribution in [3.63, 3.8) is 0 Å². The number of carbonyl (C=O) groups excluding carboxylic acids is 1. The molecule has 1 amide bonds. The minimum Gasteiger partial charge on any atom is -0.355 e. The van der Waals surface area contributed by atoms with E-state index in [1.54, 1.807) is 0 Å². The van der Waals surface area contributed by atoms with Crippen LogP contribution in [0, 0.1) is 5.92 Å². The van der Waals surface area contributed by atoms with Crippen LogP contribution in [0.4, 0.5) is 0 Å². The van der Waals surface area contributed by atoms with Crippen molar-refractivity contribution in [3.05, 3.63) is 0 Å². The lowest BCUT2D eigenvalue weighted by atomic mass is 10.0. The second-order valence-electron chi connectivity index (χ2n) is 6.17. The molecule has 2 aliphatic rings. The molecule has 1 unspecified atom stereocenters. The highest BCUT2D eigenvalue weighted by Crippen LogP contribution is 2.31. The normalized spacial score (nSPS) is 24.2. The highest BCUT2D eigenvalue weighted by molar-refractivity contribution is 5.88. The molecular formula is C14H29Cl2N3O. The number of nitrogens with two attached hydrogens (primary N) is 1. The van der Waals surface area contributed by atoms with Crippen LogP contribution >= 0.6 is 24.8 Å². The molecule has 6 heteroatoms. The van der Waals surface area contributed by atoms with Gasteiger partial charge in [-0.2, -0.15) is 0 Å². The molecule has 3 N–H and O–H groups in total. The lowest BCUT2D eigenvalue weighted by Gasteiger charge is -2.30. The van der Waals surface area contributed by atoms with Crippen molar-refractivity contribution in [1.82, 2.24) is 10.2 Å². The van der Waals surface area contributed by atoms with Gasteiger partial charge in [0.1, 0.15) is 0 Å². The summed E-state index contributed by atoms with van der Waals surface area (Å²) in [6, 6.07) is 0. The number of hydrogen-bond acceptors (Lipinski definition) is 3. The maximum atomic E-state index is 11.6. The lowest BCUT2D eigenvalue weighted by molar-refractivity contribution is -0.123. The number of likely N-dealkylation sites (tertiary alicyclic amines) is 1. The van der Waals surface area contributed by atoms with E-state index in [0.717, 1.165) is 31.7 Å². The average molecular weight is 326 g/mol. The maximum absolute atomic E-state index is 11.6. The van der Waals surface area contributed by atoms with Gasteiger partial charge in [-0.05, 0) is 57.5 Å². The number of nitrogens with one attached hydrogen (secondary N) is 1. The first kappa shape index (κ1) is 20.0. The van der Waals surface area contributed by atoms with E-state index in [0.29, 0.717) is 0 Å². The van der Waals surface area contributed by atoms with Crippen LogP contribution < -0.4 is 11.1 Å². The lowest BCUT2D eigenvalue weighted by Crippen LogP contribution is -2.43. The molecule has 0 aromatic carbocycles. The number of rotatable bonds is 6. The first-order valence-corrected chi connectivity index (χ1v) is 7.40. The molecule has 0 spiro atoms. The van der Waals surface area contributed by atoms with Gasteiger partial charge in [-0.1, -0.05) is 6.92 Å². The molecule has 1 aliphatic heterocycles. The van der Waals surface area contributed by atoms with Crippen molar-refractivity contribution in [2.75, 3.05) is 26.2 Å². The Kier molecular flexibility index (Phi) is 9.07. The van der Waals surface area contributed by atoms with E-state index >= 15 is 0 Å². The Morgan fingerprint density at radius 1 is 1.35 bits per heavy atom. The summed E-state index contributed by atoms with van der Waals surface area (Å²) in [6.45, 7) is 6.79. The molecule has 1 atom stereocenters. The first-order chi connectivity index (χ1) is 8.60. The highest BCUT2D eigenvalue weighted by atomic mass is 35.5. The Labute approximate surface area is 135 Å². The fourth-order valence-corrected chi connectivity index (χ4v) is 2.69. The summed E-state index contributed by atoms with van der Waals surface area (Å²) < 4.78 is 0. The number of unbranched alkanes of at least 4 members (excludes halogenated alkanes) is 1. The van der Waals surface area contributed by atoms with Crippen molar-refractivity contribution in [2.24, 2.45) is 11.7 Å². The van der Waals surface area contributed by atoms with Gasteiger partial charge in [0.25, 0.3) is 0 Å². The number of carbonyl (C=O) groups is 1. The van der Waals surface area contributed by atoms with E-state index in [1.165, 1.54) is 38.9 Å². The highest BCUT2D eigenvalue weighted by Gasteiger charge is 2.45. The van der Waals surface area contributed by atoms with Crippen LogP contribution in [0.15, 0.2) is 0 Å². The molecular weight excluding hydrogens is 297 g/mol. The van der Waals surface area contributed by atoms with Crippen molar-refractivity contribution in [3.8, 4) is 0 Å². The molecule has 4 nitrogen and oxygen atoms in total. The zero-order valence-corrected chi connectivity index (χ0v) is 14.0. The van der Waals surface area contributed by atoms with Crippen LogP contribution in [0.2, 0.25) is 0 Å². The Hall–Kier alpha value is -0.0300. The molecule has 120 valence electrons. The van der Waals surface area contributed by atoms with Gasteiger partial charge in [0.15, 0.2) is 0 Å². The van der Waals surface area contributed by atoms with E-state index in [2.05, 4.69) is 17.1 Å². The molecule has 0 aromatic rings. The van der Waals surface area contributed by atoms with Crippen molar-refractivity contribution < 1.29 is 4.79 Å². The Morgan fingerprint density at radius 2 is 2.05 bits per heavy atom. The fraction of sp³-hybridized carbons (Fsp3) is 0.929. The van der Waals surface area contributed by atoms with E-state index in [1.807, 2.05) is 0 Å². The SMILES string of the molecule is CC1CCCN(CCCCNC(=O)C2(N)CC2)C1.Cl.Cl. The number of halogens is 2. The summed E-state index contributed by atoms with van der Waals surface area (Å²) in [5.74, 6) is 0.902. The van der Waals surface area contributed by atoms with Gasteiger partial charge in [-0.3, -0.25) is 4.79 Å². The van der Waals surface area contributed by atoms with Gasteiger partial charge in [0.2, 0.25) is 5.91 Å². The van der Waals surface area contributed by atoms with Crippen molar-refractivity contribution in [1.29, 1.82) is 0 Å². The molecule has 0 bridgehead atoms. The van der Waals surface area contributed by atoms with Gasteiger partial charge in [-0.25, -0.2) is 0 Å². The van der Waals surface area contributed by atoms with Gasteiger partial charge in [0, 0.05) is 13.1 Å². The van der Waals surface area contributed by atoms with Gasteiger partial charge in [0.05, 0.1) is 5.54 Å². The number of hydrogen-bond donors (Lipinski definition) is 2. The monoisotopic (exact) mass is 325 g/mol. The largest absolute Gasteiger partial charge is 0.355 e. The third-order valence-corrected chi connectivity index (χ3v) is 4.17. The van der Waals surface area contributed by atoms with Crippen LogP contribution in [-0.4, -0.2) is 42.5 Å². The third-order valence-electron chi connectivity index (χ3n) is 4.17. The standard InChI is InChI=1S/C14H27N3O.2ClH/c1-12-5-4-10-17(11-12)9-3-2-8-16-13(18)14(15)6-7-14;;/h12H,2-11,15H2,1H3,(H,16,18);2*1H. The molecule has 1 heterocycles. The van der Waals surface area contributed by atoms with E-state index < -0.39 is 5.54 Å². The van der Waals surface area contributed by atoms with E-state index in [-0.39, 0.29) is 30.7 Å². The first-order valence-electron chi connectivity index (χ1n) is 7.40. The summed E-state index contributed by atoms with van der Waals surface area (Å²) in [7, 11) is 0. The van der Waals surface area contributed by atoms with Crippen LogP contribution in [0.25, 0.3) is 0 Å². The summed E-state index contributed by atoms with van der Waals surface area (Å²) in [5.41, 5.74) is 5.31. The molecule has 20 heavy (non-hydrogen) atoms. The molecule has 2 rings (SSSR count). The molecule has 1 saturated heterocycles. The second-order valence-corrected chi connectivity index (χ2v) is 6.17. The Morgan fingerprint density at radius 3 is 2.65 bits per heavy atom. The summed E-state index contributed by atoms with van der Waals surface area (Å²) in [4.78, 5) is 14.1. The van der Waals surface area contributed by atoms with Gasteiger partial charge in [-0.15, -0.1) is 24.8 Å². The summed E-state index contributed by atoms with van der Waals surface area (Å²) >= 11 is 0. The average Bonchev–Trinajstić information content (AvgIpc) is 3.08. The summed E-state index contributed by atoms with van der Waals surface area (Å²) in [5, 5.41) is 2.95. The maximum Gasteiger partial charge on any atom is 0.240 e. The van der Waals surface area contributed by atoms with E-state index in [9.17, 15) is 4.79 Å².